The molecule has 5 nitrogen and oxygen atoms in total. The molecule has 5 heterocycles. The number of ether oxygens (including phenoxy) is 1. The van der Waals surface area contributed by atoms with Crippen molar-refractivity contribution < 1.29 is 4.74 Å². The number of nitrogens with one attached hydrogen (secondary N) is 2. The Bertz CT molecular complexity index is 1670. The number of nitrogens with zero attached hydrogens (tertiary/aromatic N) is 2. The first-order valence-corrected chi connectivity index (χ1v) is 13.3. The molecule has 3 aromatic heterocycles. The average molecular weight is 489 g/mol. The van der Waals surface area contributed by atoms with E-state index in [-0.39, 0.29) is 6.10 Å². The molecule has 0 amide bonds. The van der Waals surface area contributed by atoms with Crippen molar-refractivity contribution in [3.8, 4) is 0 Å². The Morgan fingerprint density at radius 2 is 1.46 bits per heavy atom. The van der Waals surface area contributed by atoms with Crippen molar-refractivity contribution >= 4 is 56.6 Å². The summed E-state index contributed by atoms with van der Waals surface area (Å²) >= 11 is 0. The number of benzene rings is 1. The smallest absolute Gasteiger partial charge is 0.0818 e. The molecule has 0 spiro atoms. The fourth-order valence-electron chi connectivity index (χ4n) is 5.08. The van der Waals surface area contributed by atoms with Crippen LogP contribution in [0.4, 0.5) is 0 Å². The van der Waals surface area contributed by atoms with Gasteiger partial charge in [-0.15, -0.1) is 0 Å². The molecule has 0 aliphatic carbocycles. The second kappa shape index (κ2) is 10.2. The normalized spacial score (nSPS) is 13.7. The third-order valence-corrected chi connectivity index (χ3v) is 7.02. The lowest BCUT2D eigenvalue weighted by Gasteiger charge is -2.14. The molecule has 2 aliphatic rings. The molecule has 8 bridgehead atoms. The molecule has 0 saturated heterocycles. The molecule has 5 heteroatoms. The van der Waals surface area contributed by atoms with Crippen LogP contribution in [0, 0.1) is 0 Å². The lowest BCUT2D eigenvalue weighted by Crippen LogP contribution is -2.11. The molecule has 37 heavy (non-hydrogen) atoms. The van der Waals surface area contributed by atoms with Crippen LogP contribution in [0.1, 0.15) is 62.3 Å². The summed E-state index contributed by atoms with van der Waals surface area (Å²) in [6, 6.07) is 21.1. The van der Waals surface area contributed by atoms with Crippen LogP contribution >= 0.6 is 0 Å². The highest BCUT2D eigenvalue weighted by Crippen LogP contribution is 2.30. The van der Waals surface area contributed by atoms with Gasteiger partial charge in [0.05, 0.1) is 28.9 Å². The number of aromatic amines is 2. The van der Waals surface area contributed by atoms with E-state index in [0.29, 0.717) is 0 Å². The Kier molecular flexibility index (Phi) is 6.46. The van der Waals surface area contributed by atoms with Gasteiger partial charge in [0.1, 0.15) is 0 Å². The molecule has 0 saturated carbocycles. The summed E-state index contributed by atoms with van der Waals surface area (Å²) in [5, 5.41) is 2.33. The van der Waals surface area contributed by atoms with E-state index in [9.17, 15) is 0 Å². The van der Waals surface area contributed by atoms with Crippen LogP contribution in [-0.2, 0) is 4.74 Å². The summed E-state index contributed by atoms with van der Waals surface area (Å²) in [5.74, 6) is 0. The average Bonchev–Trinajstić information content (AvgIpc) is 3.68. The van der Waals surface area contributed by atoms with Crippen LogP contribution in [0.3, 0.4) is 0 Å². The zero-order valence-corrected chi connectivity index (χ0v) is 21.4. The summed E-state index contributed by atoms with van der Waals surface area (Å²) in [5.41, 5.74) is 8.91. The van der Waals surface area contributed by atoms with Crippen molar-refractivity contribution in [1.29, 1.82) is 0 Å². The number of unbranched alkanes of at least 4 members (excludes halogenated alkanes) is 3. The fourth-order valence-corrected chi connectivity index (χ4v) is 5.08. The monoisotopic (exact) mass is 488 g/mol. The van der Waals surface area contributed by atoms with Crippen molar-refractivity contribution in [2.24, 2.45) is 0 Å². The molecule has 1 aromatic carbocycles. The summed E-state index contributed by atoms with van der Waals surface area (Å²) in [4.78, 5) is 17.0. The van der Waals surface area contributed by atoms with Crippen molar-refractivity contribution in [1.82, 2.24) is 19.9 Å². The maximum absolute atomic E-state index is 6.28. The van der Waals surface area contributed by atoms with Gasteiger partial charge in [-0.2, -0.15) is 0 Å². The molecule has 0 radical (unpaired) electrons. The molecule has 2 aliphatic heterocycles. The van der Waals surface area contributed by atoms with Crippen LogP contribution < -0.4 is 0 Å². The van der Waals surface area contributed by atoms with E-state index in [1.165, 1.54) is 24.6 Å². The van der Waals surface area contributed by atoms with E-state index in [2.05, 4.69) is 96.6 Å². The number of H-pyrrole nitrogens is 2. The lowest BCUT2D eigenvalue weighted by molar-refractivity contribution is 0.100. The van der Waals surface area contributed by atoms with Crippen molar-refractivity contribution in [2.45, 2.75) is 45.6 Å². The van der Waals surface area contributed by atoms with Crippen LogP contribution in [-0.4, -0.2) is 32.6 Å². The molecular weight excluding hydrogens is 456 g/mol. The van der Waals surface area contributed by atoms with Gasteiger partial charge in [0.2, 0.25) is 0 Å². The quantitative estimate of drug-likeness (QED) is 0.227. The first-order valence-electron chi connectivity index (χ1n) is 13.3. The highest BCUT2D eigenvalue weighted by Gasteiger charge is 2.18. The number of rotatable bonds is 7. The molecular formula is C32H32N4O. The Balaban J connectivity index is 1.53. The molecule has 0 fully saturated rings. The minimum Gasteiger partial charge on any atom is -0.374 e. The number of hydrogen-bond donors (Lipinski definition) is 2. The van der Waals surface area contributed by atoms with E-state index < -0.39 is 0 Å². The standard InChI is InChI=1S/C32H32N4O/c1-3-4-5-8-15-37-21(2)29-18-26-17-24-12-11-22(33-24)16-23-13-14-25(34-23)19-30-27-9-6-7-10-28(27)31(36-30)20-32(29)35-26/h6-7,9-14,16-21,33,36H,3-5,8,15H2,1-2H3. The lowest BCUT2D eigenvalue weighted by atomic mass is 10.1. The Morgan fingerprint density at radius 3 is 2.22 bits per heavy atom. The van der Waals surface area contributed by atoms with Gasteiger partial charge >= 0.3 is 0 Å². The number of hydrogen-bond acceptors (Lipinski definition) is 3. The molecule has 186 valence electrons. The van der Waals surface area contributed by atoms with Gasteiger partial charge in [-0.25, -0.2) is 9.97 Å². The van der Waals surface area contributed by atoms with Gasteiger partial charge in [0, 0.05) is 45.0 Å². The van der Waals surface area contributed by atoms with Crippen molar-refractivity contribution in [3.63, 3.8) is 0 Å². The third-order valence-electron chi connectivity index (χ3n) is 7.02. The topological polar surface area (TPSA) is 66.6 Å². The summed E-state index contributed by atoms with van der Waals surface area (Å²) in [7, 11) is 0. The predicted octanol–water partition coefficient (Wildman–Crippen LogP) is 8.16. The molecule has 1 atom stereocenters. The largest absolute Gasteiger partial charge is 0.374 e. The van der Waals surface area contributed by atoms with Crippen molar-refractivity contribution in [2.75, 3.05) is 6.61 Å². The van der Waals surface area contributed by atoms with Gasteiger partial charge < -0.3 is 14.7 Å². The first kappa shape index (κ1) is 23.4. The zero-order valence-electron chi connectivity index (χ0n) is 21.4. The fraction of sp³-hybridized carbons (Fsp3) is 0.250. The van der Waals surface area contributed by atoms with Crippen molar-refractivity contribution in [3.05, 3.63) is 83.4 Å². The molecule has 6 rings (SSSR count). The summed E-state index contributed by atoms with van der Waals surface area (Å²) in [6.07, 6.45) is 11.0. The van der Waals surface area contributed by atoms with Crippen LogP contribution in [0.5, 0.6) is 0 Å². The van der Waals surface area contributed by atoms with E-state index in [1.54, 1.807) is 0 Å². The van der Waals surface area contributed by atoms with E-state index >= 15 is 0 Å². The number of aromatic nitrogens is 4. The van der Waals surface area contributed by atoms with E-state index in [4.69, 9.17) is 14.7 Å². The Morgan fingerprint density at radius 1 is 0.757 bits per heavy atom. The minimum atomic E-state index is -0.0453. The maximum atomic E-state index is 6.28. The zero-order chi connectivity index (χ0) is 25.2. The van der Waals surface area contributed by atoms with Gasteiger partial charge in [0.15, 0.2) is 0 Å². The minimum absolute atomic E-state index is 0.0453. The highest BCUT2D eigenvalue weighted by molar-refractivity contribution is 6.07. The molecule has 4 aromatic rings. The predicted molar refractivity (Wildman–Crippen MR) is 155 cm³/mol. The van der Waals surface area contributed by atoms with Crippen LogP contribution in [0.25, 0.3) is 56.6 Å². The highest BCUT2D eigenvalue weighted by atomic mass is 16.5. The second-order valence-electron chi connectivity index (χ2n) is 9.83. The van der Waals surface area contributed by atoms with Crippen LogP contribution in [0.2, 0.25) is 0 Å². The van der Waals surface area contributed by atoms with Gasteiger partial charge in [0.25, 0.3) is 0 Å². The van der Waals surface area contributed by atoms with Gasteiger partial charge in [-0.3, -0.25) is 0 Å². The SMILES string of the molecule is CCCCCCOC(C)C1=Cc2cc3ccc(cc4nc(cc5[nH]c(cc1n2)c1ccccc51)C=C4)[nH]3. The van der Waals surface area contributed by atoms with E-state index in [1.807, 2.05) is 6.08 Å². The Hall–Kier alpha value is -3.96. The molecule has 2 N–H and O–H groups in total. The molecule has 1 unspecified atom stereocenters. The van der Waals surface area contributed by atoms with Crippen LogP contribution in [0.15, 0.2) is 60.7 Å². The third kappa shape index (κ3) is 5.00. The first-order chi connectivity index (χ1) is 18.2. The second-order valence-corrected chi connectivity index (χ2v) is 9.83. The van der Waals surface area contributed by atoms with E-state index in [0.717, 1.165) is 68.8 Å². The van der Waals surface area contributed by atoms with Gasteiger partial charge in [-0.1, -0.05) is 50.5 Å². The summed E-state index contributed by atoms with van der Waals surface area (Å²) in [6.45, 7) is 5.13. The van der Waals surface area contributed by atoms with Gasteiger partial charge in [-0.05, 0) is 68.0 Å². The Labute approximate surface area is 217 Å². The maximum Gasteiger partial charge on any atom is 0.0818 e. The number of fused-ring (bicyclic) bond motifs is 11. The summed E-state index contributed by atoms with van der Waals surface area (Å²) < 4.78 is 6.28.